The molecule has 0 bridgehead atoms. The molecular weight excluding hydrogens is 244 g/mol. The number of rotatable bonds is 6. The SMILES string of the molecule is CCC[Si](Cc1ccccc1)Cc1ccccc1C. The largest absolute Gasteiger partial charge is 0.0657 e. The Hall–Kier alpha value is -1.34. The predicted octanol–water partition coefficient (Wildman–Crippen LogP) is 4.76. The second-order valence-corrected chi connectivity index (χ2v) is 7.97. The highest BCUT2D eigenvalue weighted by molar-refractivity contribution is 6.57. The van der Waals surface area contributed by atoms with Crippen LogP contribution in [0.1, 0.15) is 30.0 Å². The van der Waals surface area contributed by atoms with Crippen molar-refractivity contribution in [3.63, 3.8) is 0 Å². The molecule has 0 amide bonds. The Kier molecular flexibility index (Phi) is 5.40. The van der Waals surface area contributed by atoms with Crippen LogP contribution in [0, 0.1) is 6.92 Å². The molecule has 2 aromatic carbocycles. The normalized spacial score (nSPS) is 10.9. The summed E-state index contributed by atoms with van der Waals surface area (Å²) < 4.78 is 0. The van der Waals surface area contributed by atoms with Crippen LogP contribution in [0.15, 0.2) is 54.6 Å². The highest BCUT2D eigenvalue weighted by Gasteiger charge is 2.13. The van der Waals surface area contributed by atoms with Crippen LogP contribution < -0.4 is 0 Å². The van der Waals surface area contributed by atoms with E-state index in [1.54, 1.807) is 5.56 Å². The number of aryl methyl sites for hydroxylation is 1. The van der Waals surface area contributed by atoms with Crippen LogP contribution in [-0.2, 0) is 12.1 Å². The van der Waals surface area contributed by atoms with Gasteiger partial charge >= 0.3 is 0 Å². The maximum absolute atomic E-state index is 2.31. The maximum atomic E-state index is 2.31. The van der Waals surface area contributed by atoms with E-state index < -0.39 is 0 Å². The van der Waals surface area contributed by atoms with Crippen molar-refractivity contribution in [1.82, 2.24) is 0 Å². The predicted molar refractivity (Wildman–Crippen MR) is 85.9 cm³/mol. The van der Waals surface area contributed by atoms with Crippen LogP contribution >= 0.6 is 0 Å². The summed E-state index contributed by atoms with van der Waals surface area (Å²) >= 11 is 0. The molecule has 0 saturated carbocycles. The Morgan fingerprint density at radius 3 is 2.21 bits per heavy atom. The van der Waals surface area contributed by atoms with Gasteiger partial charge in [0.05, 0.1) is 8.80 Å². The van der Waals surface area contributed by atoms with E-state index >= 15 is 0 Å². The lowest BCUT2D eigenvalue weighted by Crippen LogP contribution is -2.21. The average Bonchev–Trinajstić information content (AvgIpc) is 2.43. The van der Waals surface area contributed by atoms with Crippen molar-refractivity contribution in [3.05, 3.63) is 71.3 Å². The van der Waals surface area contributed by atoms with Gasteiger partial charge in [0.15, 0.2) is 0 Å². The van der Waals surface area contributed by atoms with Crippen LogP contribution in [0.2, 0.25) is 6.04 Å². The van der Waals surface area contributed by atoms with Gasteiger partial charge in [-0.1, -0.05) is 79.5 Å². The standard InChI is InChI=1S/C18H23Si/c1-3-13-19(14-17-10-5-4-6-11-17)15-18-12-8-7-9-16(18)2/h4-12H,3,13-15H2,1-2H3. The first kappa shape index (κ1) is 14.1. The Labute approximate surface area is 119 Å². The molecule has 2 aromatic rings. The van der Waals surface area contributed by atoms with Gasteiger partial charge in [0.25, 0.3) is 0 Å². The van der Waals surface area contributed by atoms with Gasteiger partial charge in [0, 0.05) is 0 Å². The van der Waals surface area contributed by atoms with Crippen molar-refractivity contribution < 1.29 is 0 Å². The van der Waals surface area contributed by atoms with Crippen LogP contribution in [0.25, 0.3) is 0 Å². The lowest BCUT2D eigenvalue weighted by molar-refractivity contribution is 1.03. The smallest absolute Gasteiger partial charge is 0.0571 e. The van der Waals surface area contributed by atoms with Crippen LogP contribution in [0.3, 0.4) is 0 Å². The molecule has 0 nitrogen and oxygen atoms in total. The first-order valence-corrected chi connectivity index (χ1v) is 9.33. The van der Waals surface area contributed by atoms with Gasteiger partial charge in [-0.25, -0.2) is 0 Å². The molecule has 0 aliphatic heterocycles. The fourth-order valence-electron chi connectivity index (χ4n) is 2.56. The lowest BCUT2D eigenvalue weighted by atomic mass is 10.1. The molecule has 99 valence electrons. The molecule has 0 fully saturated rings. The summed E-state index contributed by atoms with van der Waals surface area (Å²) in [4.78, 5) is 0. The van der Waals surface area contributed by atoms with Gasteiger partial charge < -0.3 is 0 Å². The van der Waals surface area contributed by atoms with E-state index in [1.165, 1.54) is 35.7 Å². The summed E-state index contributed by atoms with van der Waals surface area (Å²) in [6, 6.07) is 23.9. The van der Waals surface area contributed by atoms with E-state index in [1.807, 2.05) is 0 Å². The van der Waals surface area contributed by atoms with E-state index in [9.17, 15) is 0 Å². The second-order valence-electron chi connectivity index (χ2n) is 5.27. The number of hydrogen-bond acceptors (Lipinski definition) is 0. The molecule has 0 aliphatic rings. The molecular formula is C18H23Si. The molecule has 0 atom stereocenters. The van der Waals surface area contributed by atoms with Crippen molar-refractivity contribution in [2.75, 3.05) is 0 Å². The molecule has 0 unspecified atom stereocenters. The summed E-state index contributed by atoms with van der Waals surface area (Å²) in [7, 11) is -0.322. The van der Waals surface area contributed by atoms with Gasteiger partial charge in [0.2, 0.25) is 0 Å². The van der Waals surface area contributed by atoms with Gasteiger partial charge in [-0.2, -0.15) is 0 Å². The van der Waals surface area contributed by atoms with E-state index in [0.29, 0.717) is 0 Å². The lowest BCUT2D eigenvalue weighted by Gasteiger charge is -2.16. The summed E-state index contributed by atoms with van der Waals surface area (Å²) in [5.41, 5.74) is 4.52. The Morgan fingerprint density at radius 2 is 1.53 bits per heavy atom. The van der Waals surface area contributed by atoms with E-state index in [4.69, 9.17) is 0 Å². The molecule has 0 aromatic heterocycles. The first-order chi connectivity index (χ1) is 9.29. The van der Waals surface area contributed by atoms with Crippen LogP contribution in [0.4, 0.5) is 0 Å². The number of benzene rings is 2. The molecule has 1 radical (unpaired) electrons. The zero-order chi connectivity index (χ0) is 13.5. The minimum atomic E-state index is -0.322. The molecule has 1 heteroatoms. The zero-order valence-electron chi connectivity index (χ0n) is 12.0. The third-order valence-electron chi connectivity index (χ3n) is 3.60. The third-order valence-corrected chi connectivity index (χ3v) is 6.60. The number of hydrogen-bond donors (Lipinski definition) is 0. The second kappa shape index (κ2) is 7.30. The highest BCUT2D eigenvalue weighted by atomic mass is 28.3. The fraction of sp³-hybridized carbons (Fsp3) is 0.333. The van der Waals surface area contributed by atoms with E-state index in [0.717, 1.165) is 0 Å². The maximum Gasteiger partial charge on any atom is 0.0571 e. The molecule has 0 heterocycles. The molecule has 2 rings (SSSR count). The summed E-state index contributed by atoms with van der Waals surface area (Å²) in [5.74, 6) is 0. The van der Waals surface area contributed by atoms with Crippen LogP contribution in [-0.4, -0.2) is 8.80 Å². The van der Waals surface area contributed by atoms with Crippen molar-refractivity contribution in [3.8, 4) is 0 Å². The summed E-state index contributed by atoms with van der Waals surface area (Å²) in [6.45, 7) is 4.55. The molecule has 19 heavy (non-hydrogen) atoms. The molecule has 0 aliphatic carbocycles. The van der Waals surface area contributed by atoms with Crippen molar-refractivity contribution in [2.45, 2.75) is 38.4 Å². The minimum Gasteiger partial charge on any atom is -0.0657 e. The Bertz CT molecular complexity index is 490. The first-order valence-electron chi connectivity index (χ1n) is 7.21. The molecule has 0 saturated heterocycles. The van der Waals surface area contributed by atoms with Crippen molar-refractivity contribution in [2.24, 2.45) is 0 Å². The zero-order valence-corrected chi connectivity index (χ0v) is 13.0. The van der Waals surface area contributed by atoms with Crippen LogP contribution in [0.5, 0.6) is 0 Å². The minimum absolute atomic E-state index is 0.322. The summed E-state index contributed by atoms with van der Waals surface area (Å²) in [6.07, 6.45) is 1.31. The van der Waals surface area contributed by atoms with E-state index in [2.05, 4.69) is 68.4 Å². The molecule has 0 spiro atoms. The van der Waals surface area contributed by atoms with Crippen molar-refractivity contribution in [1.29, 1.82) is 0 Å². The fourth-order valence-corrected chi connectivity index (χ4v) is 5.49. The van der Waals surface area contributed by atoms with E-state index in [-0.39, 0.29) is 8.80 Å². The Balaban J connectivity index is 2.06. The van der Waals surface area contributed by atoms with Gasteiger partial charge in [-0.3, -0.25) is 0 Å². The summed E-state index contributed by atoms with van der Waals surface area (Å²) in [5, 5.41) is 0. The van der Waals surface area contributed by atoms with Gasteiger partial charge in [0.1, 0.15) is 0 Å². The quantitative estimate of drug-likeness (QED) is 0.662. The Morgan fingerprint density at radius 1 is 0.842 bits per heavy atom. The molecule has 0 N–H and O–H groups in total. The van der Waals surface area contributed by atoms with Gasteiger partial charge in [-0.05, 0) is 30.1 Å². The average molecular weight is 267 g/mol. The topological polar surface area (TPSA) is 0 Å². The van der Waals surface area contributed by atoms with Crippen molar-refractivity contribution >= 4 is 8.80 Å². The highest BCUT2D eigenvalue weighted by Crippen LogP contribution is 2.15. The third kappa shape index (κ3) is 4.36. The monoisotopic (exact) mass is 267 g/mol. The van der Waals surface area contributed by atoms with Gasteiger partial charge in [-0.15, -0.1) is 0 Å².